The number of nitrogens with one attached hydrogen (secondary N) is 9. The van der Waals surface area contributed by atoms with Gasteiger partial charge in [-0.25, -0.2) is 15.4 Å². The maximum absolute atomic E-state index is 13.4. The molecule has 2 saturated carbocycles. The SMILES string of the molecule is CCC(CC)C1CC(N[C@H]2CC[C@H](NCC(=O)NCCCC3CN(CCOCCNC4CCCC5C(=O)N(C6CCC(=O)NC6=O)C(=O)C45)NN3)C2)N2NCC(Cl)C2N1. The van der Waals surface area contributed by atoms with Crippen LogP contribution in [0.3, 0.4) is 0 Å². The van der Waals surface area contributed by atoms with E-state index in [1.54, 1.807) is 0 Å². The van der Waals surface area contributed by atoms with Crippen molar-refractivity contribution < 1.29 is 28.7 Å². The standard InChI is InChI=1S/C40H69ClN12O6/c1-3-24(4-2)31-20-33(53-37(47-31)29(41)21-45-53)46-26-11-10-25(19-26)44-22-35(55)43-14-6-7-27-23-51(50-49-27)16-18-59-17-15-42-30-9-5-8-28-36(30)40(58)52(39(28)57)32-12-13-34(54)48-38(32)56/h24-33,36-37,42,44-47,49-50H,3-23H2,1-2H3,(H,43,55)(H,48,54,56)/t25-,26-,27?,28?,29?,30?,31?,32?,33?,36?,37?/m0/s1. The van der Waals surface area contributed by atoms with Gasteiger partial charge in [0, 0.05) is 69.4 Å². The van der Waals surface area contributed by atoms with Gasteiger partial charge in [0.05, 0.1) is 49.3 Å². The highest BCUT2D eigenvalue weighted by atomic mass is 35.5. The summed E-state index contributed by atoms with van der Waals surface area (Å²) in [5, 5.41) is 24.5. The van der Waals surface area contributed by atoms with Gasteiger partial charge in [-0.05, 0) is 63.7 Å². The molecule has 5 saturated heterocycles. The van der Waals surface area contributed by atoms with E-state index in [9.17, 15) is 24.0 Å². The van der Waals surface area contributed by atoms with Gasteiger partial charge < -0.3 is 20.7 Å². The molecule has 0 aromatic rings. The first-order valence-corrected chi connectivity index (χ1v) is 23.0. The van der Waals surface area contributed by atoms with Crippen molar-refractivity contribution in [2.24, 2.45) is 17.8 Å². The summed E-state index contributed by atoms with van der Waals surface area (Å²) in [6, 6.07) is 0.394. The van der Waals surface area contributed by atoms with E-state index in [4.69, 9.17) is 16.3 Å². The first-order chi connectivity index (χ1) is 28.6. The van der Waals surface area contributed by atoms with Gasteiger partial charge in [-0.1, -0.05) is 33.1 Å². The summed E-state index contributed by atoms with van der Waals surface area (Å²) in [6.45, 7) is 9.39. The molecule has 332 valence electrons. The number of nitrogens with zero attached hydrogens (tertiary/aromatic N) is 3. The van der Waals surface area contributed by atoms with Crippen molar-refractivity contribution in [3.8, 4) is 0 Å². The number of hydrogen-bond donors (Lipinski definition) is 9. The number of piperidine rings is 1. The molecule has 0 bridgehead atoms. The zero-order valence-corrected chi connectivity index (χ0v) is 35.7. The molecular weight excluding hydrogens is 780 g/mol. The third kappa shape index (κ3) is 11.0. The van der Waals surface area contributed by atoms with Crippen LogP contribution in [0.1, 0.15) is 97.3 Å². The Labute approximate surface area is 353 Å². The number of carbonyl (C=O) groups is 5. The van der Waals surface area contributed by atoms with E-state index >= 15 is 0 Å². The van der Waals surface area contributed by atoms with Gasteiger partial charge in [-0.15, -0.1) is 11.6 Å². The van der Waals surface area contributed by atoms with Gasteiger partial charge >= 0.3 is 0 Å². The molecule has 2 aliphatic carbocycles. The van der Waals surface area contributed by atoms with Crippen LogP contribution >= 0.6 is 11.6 Å². The minimum Gasteiger partial charge on any atom is -0.379 e. The van der Waals surface area contributed by atoms with Gasteiger partial charge in [0.15, 0.2) is 0 Å². The van der Waals surface area contributed by atoms with E-state index in [1.807, 2.05) is 0 Å². The minimum atomic E-state index is -0.904. The Balaban J connectivity index is 0.710. The topological polar surface area (TPSA) is 213 Å². The number of likely N-dealkylation sites (tertiary alicyclic amines) is 1. The number of rotatable bonds is 20. The number of halogens is 1. The number of ether oxygens (including phenoxy) is 1. The maximum Gasteiger partial charge on any atom is 0.249 e. The number of fused-ring (bicyclic) bond motifs is 2. The van der Waals surface area contributed by atoms with Crippen molar-refractivity contribution in [1.29, 1.82) is 0 Å². The van der Waals surface area contributed by atoms with Crippen molar-refractivity contribution in [3.05, 3.63) is 0 Å². The van der Waals surface area contributed by atoms with Crippen LogP contribution in [-0.2, 0) is 28.7 Å². The Kier molecular flexibility index (Phi) is 16.0. The molecule has 5 amide bonds. The van der Waals surface area contributed by atoms with Gasteiger partial charge in [0.1, 0.15) is 6.04 Å². The highest BCUT2D eigenvalue weighted by Gasteiger charge is 2.55. The smallest absolute Gasteiger partial charge is 0.249 e. The summed E-state index contributed by atoms with van der Waals surface area (Å²) in [6.07, 6.45) is 11.2. The summed E-state index contributed by atoms with van der Waals surface area (Å²) in [7, 11) is 0. The van der Waals surface area contributed by atoms with E-state index in [0.29, 0.717) is 69.9 Å². The highest BCUT2D eigenvalue weighted by Crippen LogP contribution is 2.40. The molecule has 9 N–H and O–H groups in total. The minimum absolute atomic E-state index is 0.0386. The summed E-state index contributed by atoms with van der Waals surface area (Å²) in [5.41, 5.74) is 10.1. The predicted molar refractivity (Wildman–Crippen MR) is 221 cm³/mol. The lowest BCUT2D eigenvalue weighted by atomic mass is 9.77. The largest absolute Gasteiger partial charge is 0.379 e. The quantitative estimate of drug-likeness (QED) is 0.0414. The second-order valence-corrected chi connectivity index (χ2v) is 18.3. The molecule has 9 unspecified atom stereocenters. The van der Waals surface area contributed by atoms with Crippen LogP contribution in [0.15, 0.2) is 0 Å². The average molecular weight is 850 g/mol. The van der Waals surface area contributed by atoms with E-state index in [-0.39, 0.29) is 66.3 Å². The number of hydrazine groups is 3. The van der Waals surface area contributed by atoms with Crippen LogP contribution in [0.2, 0.25) is 0 Å². The number of carbonyl (C=O) groups excluding carboxylic acids is 5. The van der Waals surface area contributed by atoms with E-state index in [1.165, 1.54) is 0 Å². The molecule has 19 heteroatoms. The Bertz CT molecular complexity index is 1480. The van der Waals surface area contributed by atoms with Gasteiger partial charge in [-0.2, -0.15) is 5.53 Å². The molecule has 11 atom stereocenters. The van der Waals surface area contributed by atoms with Crippen molar-refractivity contribution in [2.75, 3.05) is 52.5 Å². The lowest BCUT2D eigenvalue weighted by Crippen LogP contribution is -2.67. The highest BCUT2D eigenvalue weighted by molar-refractivity contribution is 6.21. The third-order valence-electron chi connectivity index (χ3n) is 13.9. The van der Waals surface area contributed by atoms with Gasteiger partial charge in [-0.3, -0.25) is 50.2 Å². The number of alkyl halides is 1. The average Bonchev–Trinajstić information content (AvgIpc) is 4.02. The van der Waals surface area contributed by atoms with Gasteiger partial charge in [0.2, 0.25) is 29.5 Å². The molecule has 5 heterocycles. The summed E-state index contributed by atoms with van der Waals surface area (Å²) >= 11 is 6.71. The molecule has 7 fully saturated rings. The molecule has 7 rings (SSSR count). The molecule has 18 nitrogen and oxygen atoms in total. The Morgan fingerprint density at radius 2 is 1.80 bits per heavy atom. The molecular formula is C40H69ClN12O6. The molecule has 59 heavy (non-hydrogen) atoms. The van der Waals surface area contributed by atoms with Crippen molar-refractivity contribution in [1.82, 2.24) is 63.2 Å². The lowest BCUT2D eigenvalue weighted by molar-refractivity contribution is -0.151. The first kappa shape index (κ1) is 44.7. The zero-order chi connectivity index (χ0) is 41.5. The second-order valence-electron chi connectivity index (χ2n) is 17.7. The van der Waals surface area contributed by atoms with E-state index in [0.717, 1.165) is 82.2 Å². The monoisotopic (exact) mass is 849 g/mol. The molecule has 0 radical (unpaired) electrons. The zero-order valence-electron chi connectivity index (χ0n) is 34.9. The van der Waals surface area contributed by atoms with E-state index < -0.39 is 23.8 Å². The first-order valence-electron chi connectivity index (χ1n) is 22.6. The number of imide groups is 2. The third-order valence-corrected chi connectivity index (χ3v) is 14.3. The number of amides is 5. The normalized spacial score (nSPS) is 35.5. The van der Waals surface area contributed by atoms with Crippen molar-refractivity contribution >= 4 is 41.1 Å². The Hall–Kier alpha value is -2.36. The lowest BCUT2D eigenvalue weighted by Gasteiger charge is -2.46. The summed E-state index contributed by atoms with van der Waals surface area (Å²) in [5.74, 6) is -1.77. The van der Waals surface area contributed by atoms with Crippen LogP contribution in [0.4, 0.5) is 0 Å². The van der Waals surface area contributed by atoms with Crippen LogP contribution in [-0.4, -0.2) is 151 Å². The van der Waals surface area contributed by atoms with Crippen molar-refractivity contribution in [3.63, 3.8) is 0 Å². The summed E-state index contributed by atoms with van der Waals surface area (Å²) in [4.78, 5) is 64.5. The second kappa shape index (κ2) is 21.1. The van der Waals surface area contributed by atoms with Gasteiger partial charge in [0.25, 0.3) is 0 Å². The Morgan fingerprint density at radius 1 is 0.966 bits per heavy atom. The van der Waals surface area contributed by atoms with Crippen LogP contribution in [0.5, 0.6) is 0 Å². The van der Waals surface area contributed by atoms with Crippen LogP contribution in [0.25, 0.3) is 0 Å². The fourth-order valence-electron chi connectivity index (χ4n) is 10.7. The fourth-order valence-corrected chi connectivity index (χ4v) is 10.9. The fraction of sp³-hybridized carbons (Fsp3) is 0.875. The van der Waals surface area contributed by atoms with Crippen LogP contribution < -0.4 is 48.3 Å². The molecule has 0 aromatic carbocycles. The van der Waals surface area contributed by atoms with E-state index in [2.05, 4.69) is 72.2 Å². The molecule has 5 aliphatic heterocycles. The maximum atomic E-state index is 13.4. The summed E-state index contributed by atoms with van der Waals surface area (Å²) < 4.78 is 5.90. The number of hydrogen-bond acceptors (Lipinski definition) is 15. The Morgan fingerprint density at radius 3 is 2.61 bits per heavy atom. The molecule has 0 aromatic heterocycles. The molecule has 7 aliphatic rings. The van der Waals surface area contributed by atoms with Crippen molar-refractivity contribution in [2.45, 2.75) is 151 Å². The van der Waals surface area contributed by atoms with Crippen LogP contribution in [0, 0.1) is 17.8 Å². The molecule has 0 spiro atoms. The predicted octanol–water partition coefficient (Wildman–Crippen LogP) is -0.880.